The van der Waals surface area contributed by atoms with Gasteiger partial charge in [-0.3, -0.25) is 14.4 Å². The minimum atomic E-state index is -5.85. The van der Waals surface area contributed by atoms with E-state index in [4.69, 9.17) is 5.73 Å². The first-order chi connectivity index (χ1) is 25.5. The summed E-state index contributed by atoms with van der Waals surface area (Å²) in [4.78, 5) is 47.3. The number of hydrogen-bond donors (Lipinski definition) is 5. The average Bonchev–Trinajstić information content (AvgIpc) is 3.57. The number of imidazole rings is 1. The van der Waals surface area contributed by atoms with E-state index in [-0.39, 0.29) is 40.9 Å². The first-order valence-corrected chi connectivity index (χ1v) is 17.9. The Morgan fingerprint density at radius 2 is 1.67 bits per heavy atom. The number of aryl methyl sites for hydroxylation is 1. The number of fused-ring (bicyclic) bond motifs is 1. The van der Waals surface area contributed by atoms with Crippen molar-refractivity contribution in [1.82, 2.24) is 25.5 Å². The Labute approximate surface area is 310 Å². The summed E-state index contributed by atoms with van der Waals surface area (Å²) in [6.45, 7) is 3.91. The van der Waals surface area contributed by atoms with Gasteiger partial charge in [-0.15, -0.1) is 0 Å². The van der Waals surface area contributed by atoms with Crippen molar-refractivity contribution in [3.05, 3.63) is 83.2 Å². The number of nitrogens with one attached hydrogen (secondary N) is 4. The quantitative estimate of drug-likeness (QED) is 0.0755. The minimum Gasteiger partial charge on any atom is -0.352 e. The zero-order valence-electron chi connectivity index (χ0n) is 30.5. The molecule has 0 saturated heterocycles. The van der Waals surface area contributed by atoms with Crippen molar-refractivity contribution in [2.45, 2.75) is 63.6 Å². The molecule has 1 aliphatic carbocycles. The molecule has 5 rings (SSSR count). The highest BCUT2D eigenvalue weighted by molar-refractivity contribution is 5.99. The zero-order valence-corrected chi connectivity index (χ0v) is 30.5. The van der Waals surface area contributed by atoms with Crippen LogP contribution in [0, 0.1) is 18.8 Å². The molecule has 1 aromatic heterocycles. The van der Waals surface area contributed by atoms with E-state index in [1.54, 1.807) is 6.07 Å². The highest BCUT2D eigenvalue weighted by atomic mass is 19.4. The molecule has 1 heterocycles. The molecule has 1 unspecified atom stereocenters. The highest BCUT2D eigenvalue weighted by Crippen LogP contribution is 2.43. The number of alkyl halides is 5. The topological polar surface area (TPSA) is 145 Å². The summed E-state index contributed by atoms with van der Waals surface area (Å²) in [5, 5.41) is 8.52. The lowest BCUT2D eigenvalue weighted by molar-refractivity contribution is -0.292. The molecule has 0 radical (unpaired) electrons. The molecule has 4 aromatic rings. The molecular formula is C39H46F5N7O3. The van der Waals surface area contributed by atoms with Gasteiger partial charge in [0.25, 0.3) is 5.91 Å². The van der Waals surface area contributed by atoms with Gasteiger partial charge in [0.15, 0.2) is 5.82 Å². The predicted molar refractivity (Wildman–Crippen MR) is 197 cm³/mol. The van der Waals surface area contributed by atoms with Gasteiger partial charge in [-0.05, 0) is 125 Å². The monoisotopic (exact) mass is 755 g/mol. The fourth-order valence-electron chi connectivity index (χ4n) is 6.64. The number of nitrogens with zero attached hydrogens (tertiary/aromatic N) is 2. The highest BCUT2D eigenvalue weighted by Gasteiger charge is 2.61. The second-order valence-corrected chi connectivity index (χ2v) is 14.2. The van der Waals surface area contributed by atoms with E-state index in [1.807, 2.05) is 62.4 Å². The number of hydrogen-bond acceptors (Lipinski definition) is 6. The Morgan fingerprint density at radius 3 is 2.30 bits per heavy atom. The molecule has 6 N–H and O–H groups in total. The maximum absolute atomic E-state index is 13.9. The third-order valence-electron chi connectivity index (χ3n) is 9.85. The molecule has 10 nitrogen and oxygen atoms in total. The van der Waals surface area contributed by atoms with Crippen LogP contribution >= 0.6 is 0 Å². The predicted octanol–water partition coefficient (Wildman–Crippen LogP) is 6.31. The standard InChI is InChI=1S/C39H46F5N7O3/c1-23-19-28(34(52)46-17-4-18-51(2)3)13-15-30(23)26-9-5-24(6-10-26)20-33(48-35(53)27-11-7-25(22-45)8-12-27)36(54)47-29-14-16-31-32(21-29)50-37(49-31)38(40,41)39(42,43)44/h5-6,9-10,13-16,19,21,25,27,33H,4,7-8,11-12,17-18,20,22,45H2,1-3H3,(H,46,52)(H,47,54)(H,48,53)(H,49,50). The second kappa shape index (κ2) is 17.1. The van der Waals surface area contributed by atoms with E-state index in [2.05, 4.69) is 25.8 Å². The summed E-state index contributed by atoms with van der Waals surface area (Å²) in [7, 11) is 3.96. The third-order valence-corrected chi connectivity index (χ3v) is 9.85. The maximum atomic E-state index is 13.9. The van der Waals surface area contributed by atoms with Crippen LogP contribution in [-0.4, -0.2) is 78.5 Å². The number of H-pyrrole nitrogens is 1. The molecule has 1 atom stereocenters. The van der Waals surface area contributed by atoms with Gasteiger partial charge in [0.1, 0.15) is 6.04 Å². The van der Waals surface area contributed by atoms with Gasteiger partial charge in [-0.1, -0.05) is 30.3 Å². The van der Waals surface area contributed by atoms with Crippen molar-refractivity contribution in [2.24, 2.45) is 17.6 Å². The number of rotatable bonds is 14. The largest absolute Gasteiger partial charge is 0.461 e. The number of benzene rings is 3. The minimum absolute atomic E-state index is 0.107. The lowest BCUT2D eigenvalue weighted by atomic mass is 9.81. The van der Waals surface area contributed by atoms with E-state index >= 15 is 0 Å². The maximum Gasteiger partial charge on any atom is 0.461 e. The number of anilines is 1. The van der Waals surface area contributed by atoms with Gasteiger partial charge in [0, 0.05) is 30.1 Å². The molecule has 290 valence electrons. The number of carbonyl (C=O) groups is 3. The lowest BCUT2D eigenvalue weighted by Crippen LogP contribution is -2.48. The first kappa shape index (κ1) is 40.3. The fourth-order valence-corrected chi connectivity index (χ4v) is 6.64. The molecule has 1 fully saturated rings. The van der Waals surface area contributed by atoms with E-state index in [1.165, 1.54) is 18.2 Å². The summed E-state index contributed by atoms with van der Waals surface area (Å²) in [6, 6.07) is 15.7. The molecule has 3 aromatic carbocycles. The van der Waals surface area contributed by atoms with Gasteiger partial charge in [-0.2, -0.15) is 22.0 Å². The summed E-state index contributed by atoms with van der Waals surface area (Å²) in [6.07, 6.45) is -2.04. The molecular weight excluding hydrogens is 709 g/mol. The zero-order chi connectivity index (χ0) is 39.2. The van der Waals surface area contributed by atoms with Crippen LogP contribution in [0.15, 0.2) is 60.7 Å². The van der Waals surface area contributed by atoms with Gasteiger partial charge in [0.2, 0.25) is 11.8 Å². The number of amides is 3. The Hall–Kier alpha value is -4.89. The summed E-state index contributed by atoms with van der Waals surface area (Å²) in [5.41, 5.74) is 9.66. The van der Waals surface area contributed by atoms with Gasteiger partial charge in [0.05, 0.1) is 11.0 Å². The lowest BCUT2D eigenvalue weighted by Gasteiger charge is -2.28. The van der Waals surface area contributed by atoms with E-state index in [0.29, 0.717) is 37.4 Å². The third kappa shape index (κ3) is 9.80. The van der Waals surface area contributed by atoms with Crippen molar-refractivity contribution < 1.29 is 36.3 Å². The van der Waals surface area contributed by atoms with Crippen LogP contribution in [0.3, 0.4) is 0 Å². The van der Waals surface area contributed by atoms with Crippen LogP contribution in [0.5, 0.6) is 0 Å². The Balaban J connectivity index is 1.31. The smallest absolute Gasteiger partial charge is 0.352 e. The van der Waals surface area contributed by atoms with Crippen LogP contribution < -0.4 is 21.7 Å². The van der Waals surface area contributed by atoms with Crippen molar-refractivity contribution in [3.8, 4) is 11.1 Å². The number of carbonyl (C=O) groups excluding carboxylic acids is 3. The summed E-state index contributed by atoms with van der Waals surface area (Å²) < 4.78 is 66.7. The molecule has 1 aliphatic rings. The SMILES string of the molecule is Cc1cc(C(=O)NCCCN(C)C)ccc1-c1ccc(CC(NC(=O)C2CCC(CN)CC2)C(=O)Nc2ccc3nc(C(F)(F)C(F)(F)F)[nH]c3c2)cc1. The van der Waals surface area contributed by atoms with Crippen LogP contribution in [0.25, 0.3) is 22.2 Å². The Kier molecular flexibility index (Phi) is 12.7. The molecule has 0 spiro atoms. The first-order valence-electron chi connectivity index (χ1n) is 17.9. The van der Waals surface area contributed by atoms with E-state index in [9.17, 15) is 36.3 Å². The Morgan fingerprint density at radius 1 is 0.963 bits per heavy atom. The normalized spacial score (nSPS) is 17.0. The van der Waals surface area contributed by atoms with Crippen molar-refractivity contribution in [3.63, 3.8) is 0 Å². The van der Waals surface area contributed by atoms with Gasteiger partial charge < -0.3 is 31.6 Å². The molecule has 1 saturated carbocycles. The molecule has 0 aliphatic heterocycles. The second-order valence-electron chi connectivity index (χ2n) is 14.2. The average molecular weight is 756 g/mol. The van der Waals surface area contributed by atoms with Gasteiger partial charge in [-0.25, -0.2) is 4.98 Å². The summed E-state index contributed by atoms with van der Waals surface area (Å²) >= 11 is 0. The van der Waals surface area contributed by atoms with Crippen LogP contribution in [-0.2, 0) is 21.9 Å². The van der Waals surface area contributed by atoms with Crippen LogP contribution in [0.4, 0.5) is 27.6 Å². The van der Waals surface area contributed by atoms with Crippen molar-refractivity contribution in [2.75, 3.05) is 39.0 Å². The number of halogens is 5. The molecule has 3 amide bonds. The van der Waals surface area contributed by atoms with Crippen LogP contribution in [0.1, 0.15) is 59.4 Å². The Bertz CT molecular complexity index is 1940. The molecule has 54 heavy (non-hydrogen) atoms. The van der Waals surface area contributed by atoms with E-state index in [0.717, 1.165) is 48.1 Å². The fraction of sp³-hybridized carbons (Fsp3) is 0.436. The molecule has 0 bridgehead atoms. The van der Waals surface area contributed by atoms with Crippen molar-refractivity contribution >= 4 is 34.4 Å². The van der Waals surface area contributed by atoms with Crippen LogP contribution in [0.2, 0.25) is 0 Å². The summed E-state index contributed by atoms with van der Waals surface area (Å²) in [5.74, 6) is -7.74. The number of aromatic nitrogens is 2. The van der Waals surface area contributed by atoms with Gasteiger partial charge >= 0.3 is 12.1 Å². The number of nitrogens with two attached hydrogens (primary N) is 1. The van der Waals surface area contributed by atoms with Crippen molar-refractivity contribution in [1.29, 1.82) is 0 Å². The number of aromatic amines is 1. The molecule has 15 heteroatoms. The van der Waals surface area contributed by atoms with E-state index < -0.39 is 29.9 Å².